The van der Waals surface area contributed by atoms with Crippen LogP contribution in [0.5, 0.6) is 0 Å². The van der Waals surface area contributed by atoms with Crippen LogP contribution in [0.25, 0.3) is 0 Å². The Labute approximate surface area is 140 Å². The molecule has 3 aliphatic rings. The van der Waals surface area contributed by atoms with E-state index in [-0.39, 0.29) is 11.9 Å². The van der Waals surface area contributed by atoms with Gasteiger partial charge in [0.05, 0.1) is 6.67 Å². The van der Waals surface area contributed by atoms with Crippen LogP contribution >= 0.6 is 11.3 Å². The lowest BCUT2D eigenvalue weighted by molar-refractivity contribution is -0.134. The number of nitrogens with one attached hydrogen (secondary N) is 1. The van der Waals surface area contributed by atoms with Crippen LogP contribution in [0.2, 0.25) is 0 Å². The van der Waals surface area contributed by atoms with Gasteiger partial charge in [0.25, 0.3) is 5.91 Å². The second-order valence-electron chi connectivity index (χ2n) is 7.24. The molecule has 3 amide bonds. The first-order chi connectivity index (χ1) is 11.1. The summed E-state index contributed by atoms with van der Waals surface area (Å²) < 4.78 is 0. The Morgan fingerprint density at radius 2 is 2.13 bits per heavy atom. The summed E-state index contributed by atoms with van der Waals surface area (Å²) in [5, 5.41) is 5.13. The van der Waals surface area contributed by atoms with Crippen molar-refractivity contribution in [3.8, 4) is 0 Å². The largest absolute Gasteiger partial charge is 0.326 e. The first-order valence-electron chi connectivity index (χ1n) is 8.49. The Bertz CT molecular complexity index is 634. The molecule has 5 nitrogen and oxygen atoms in total. The Balaban J connectivity index is 1.45. The van der Waals surface area contributed by atoms with Crippen molar-refractivity contribution in [3.05, 3.63) is 21.9 Å². The first kappa shape index (κ1) is 15.1. The predicted molar refractivity (Wildman–Crippen MR) is 89.0 cm³/mol. The standard InChI is InChI=1S/C17H23N3O2S/c1-12-2-6-17(7-3-12)15(21)20(16(22)18-17)11-19-8-4-14-13(10-19)5-9-23-14/h5,9,12H,2-4,6-8,10-11H2,1H3,(H,18,22). The molecule has 1 aromatic rings. The molecule has 1 spiro atoms. The van der Waals surface area contributed by atoms with Crippen molar-refractivity contribution >= 4 is 23.3 Å². The fourth-order valence-electron chi connectivity index (χ4n) is 4.03. The highest BCUT2D eigenvalue weighted by molar-refractivity contribution is 7.10. The third-order valence-corrected chi connectivity index (χ3v) is 6.62. The molecule has 2 fully saturated rings. The van der Waals surface area contributed by atoms with Gasteiger partial charge in [-0.15, -0.1) is 11.3 Å². The van der Waals surface area contributed by atoms with Crippen LogP contribution in [0.3, 0.4) is 0 Å². The third kappa shape index (κ3) is 2.58. The summed E-state index contributed by atoms with van der Waals surface area (Å²) in [6, 6.07) is 1.95. The van der Waals surface area contributed by atoms with E-state index in [0.29, 0.717) is 12.6 Å². The van der Waals surface area contributed by atoms with Crippen molar-refractivity contribution in [3.63, 3.8) is 0 Å². The highest BCUT2D eigenvalue weighted by Gasteiger charge is 2.52. The van der Waals surface area contributed by atoms with E-state index >= 15 is 0 Å². The van der Waals surface area contributed by atoms with E-state index in [9.17, 15) is 9.59 Å². The molecule has 1 saturated heterocycles. The van der Waals surface area contributed by atoms with Gasteiger partial charge in [0.1, 0.15) is 5.54 Å². The van der Waals surface area contributed by atoms with Gasteiger partial charge in [0, 0.05) is 18.0 Å². The van der Waals surface area contributed by atoms with Gasteiger partial charge in [-0.2, -0.15) is 0 Å². The molecule has 0 unspecified atom stereocenters. The van der Waals surface area contributed by atoms with Crippen molar-refractivity contribution in [2.75, 3.05) is 13.2 Å². The number of fused-ring (bicyclic) bond motifs is 1. The van der Waals surface area contributed by atoms with E-state index in [0.717, 1.165) is 45.2 Å². The molecule has 0 radical (unpaired) electrons. The third-order valence-electron chi connectivity index (χ3n) is 5.60. The molecule has 23 heavy (non-hydrogen) atoms. The van der Waals surface area contributed by atoms with Gasteiger partial charge in [-0.25, -0.2) is 9.69 Å². The van der Waals surface area contributed by atoms with Crippen molar-refractivity contribution in [1.29, 1.82) is 0 Å². The maximum atomic E-state index is 12.9. The van der Waals surface area contributed by atoms with Gasteiger partial charge in [-0.1, -0.05) is 6.92 Å². The van der Waals surface area contributed by atoms with Crippen LogP contribution in [0, 0.1) is 5.92 Å². The number of rotatable bonds is 2. The molecule has 2 aliphatic heterocycles. The summed E-state index contributed by atoms with van der Waals surface area (Å²) in [5.74, 6) is 0.643. The molecule has 1 N–H and O–H groups in total. The number of nitrogens with zero attached hydrogens (tertiary/aromatic N) is 2. The van der Waals surface area contributed by atoms with E-state index < -0.39 is 5.54 Å². The molecular weight excluding hydrogens is 310 g/mol. The predicted octanol–water partition coefficient (Wildman–Crippen LogP) is 2.56. The fourth-order valence-corrected chi connectivity index (χ4v) is 4.92. The van der Waals surface area contributed by atoms with Crippen molar-refractivity contribution < 1.29 is 9.59 Å². The van der Waals surface area contributed by atoms with Crippen molar-refractivity contribution in [2.24, 2.45) is 5.92 Å². The summed E-state index contributed by atoms with van der Waals surface area (Å²) in [7, 11) is 0. The molecule has 1 saturated carbocycles. The van der Waals surface area contributed by atoms with E-state index in [4.69, 9.17) is 0 Å². The first-order valence-corrected chi connectivity index (χ1v) is 9.37. The quantitative estimate of drug-likeness (QED) is 0.846. The van der Waals surface area contributed by atoms with Gasteiger partial charge in [0.2, 0.25) is 0 Å². The highest BCUT2D eigenvalue weighted by atomic mass is 32.1. The maximum Gasteiger partial charge on any atom is 0.326 e. The van der Waals surface area contributed by atoms with Crippen LogP contribution in [0.15, 0.2) is 11.4 Å². The number of urea groups is 1. The molecule has 3 heterocycles. The zero-order valence-electron chi connectivity index (χ0n) is 13.5. The minimum Gasteiger partial charge on any atom is -0.323 e. The number of carbonyl (C=O) groups excluding carboxylic acids is 2. The number of thiophene rings is 1. The smallest absolute Gasteiger partial charge is 0.323 e. The Morgan fingerprint density at radius 3 is 2.91 bits per heavy atom. The van der Waals surface area contributed by atoms with Gasteiger partial charge in [-0.05, 0) is 55.0 Å². The normalized spacial score (nSPS) is 31.5. The van der Waals surface area contributed by atoms with Crippen LogP contribution in [0.1, 0.15) is 43.0 Å². The van der Waals surface area contributed by atoms with E-state index in [2.05, 4.69) is 28.6 Å². The zero-order valence-corrected chi connectivity index (χ0v) is 14.3. The minimum absolute atomic E-state index is 0.00878. The highest BCUT2D eigenvalue weighted by Crippen LogP contribution is 2.36. The summed E-state index contributed by atoms with van der Waals surface area (Å²) in [5.41, 5.74) is 0.724. The average molecular weight is 333 g/mol. The molecule has 0 bridgehead atoms. The van der Waals surface area contributed by atoms with E-state index in [1.165, 1.54) is 15.3 Å². The van der Waals surface area contributed by atoms with Crippen LogP contribution < -0.4 is 5.32 Å². The molecular formula is C17H23N3O2S. The Morgan fingerprint density at radius 1 is 1.35 bits per heavy atom. The lowest BCUT2D eigenvalue weighted by Gasteiger charge is -2.34. The van der Waals surface area contributed by atoms with Crippen molar-refractivity contribution in [2.45, 2.75) is 51.1 Å². The maximum absolute atomic E-state index is 12.9. The zero-order chi connectivity index (χ0) is 16.0. The molecule has 0 atom stereocenters. The number of hydrogen-bond acceptors (Lipinski definition) is 4. The molecule has 4 rings (SSSR count). The molecule has 1 aliphatic carbocycles. The Hall–Kier alpha value is -1.40. The molecule has 0 aromatic carbocycles. The number of hydrogen-bond donors (Lipinski definition) is 1. The fraction of sp³-hybridized carbons (Fsp3) is 0.647. The van der Waals surface area contributed by atoms with Gasteiger partial charge >= 0.3 is 6.03 Å². The topological polar surface area (TPSA) is 52.7 Å². The van der Waals surface area contributed by atoms with Crippen LogP contribution in [-0.2, 0) is 17.8 Å². The number of amides is 3. The summed E-state index contributed by atoms with van der Waals surface area (Å²) in [6.07, 6.45) is 4.61. The summed E-state index contributed by atoms with van der Waals surface area (Å²) in [6.45, 7) is 4.38. The lowest BCUT2D eigenvalue weighted by atomic mass is 9.77. The molecule has 124 valence electrons. The molecule has 1 aromatic heterocycles. The summed E-state index contributed by atoms with van der Waals surface area (Å²) >= 11 is 1.80. The second kappa shape index (κ2) is 5.60. The summed E-state index contributed by atoms with van der Waals surface area (Å²) in [4.78, 5) is 30.3. The van der Waals surface area contributed by atoms with Crippen LogP contribution in [0.4, 0.5) is 4.79 Å². The minimum atomic E-state index is -0.618. The molecule has 6 heteroatoms. The van der Waals surface area contributed by atoms with E-state index in [1.54, 1.807) is 11.3 Å². The average Bonchev–Trinajstić information content (AvgIpc) is 3.09. The van der Waals surface area contributed by atoms with E-state index in [1.807, 2.05) is 0 Å². The van der Waals surface area contributed by atoms with Gasteiger partial charge in [-0.3, -0.25) is 9.69 Å². The SMILES string of the molecule is CC1CCC2(CC1)NC(=O)N(CN1CCc3sccc3C1)C2=O. The van der Waals surface area contributed by atoms with Gasteiger partial charge in [0.15, 0.2) is 0 Å². The lowest BCUT2D eigenvalue weighted by Crippen LogP contribution is -2.50. The number of imide groups is 1. The second-order valence-corrected chi connectivity index (χ2v) is 8.24. The van der Waals surface area contributed by atoms with Crippen LogP contribution in [-0.4, -0.2) is 40.5 Å². The Kier molecular flexibility index (Phi) is 3.69. The van der Waals surface area contributed by atoms with Crippen molar-refractivity contribution in [1.82, 2.24) is 15.1 Å². The monoisotopic (exact) mass is 333 g/mol. The number of carbonyl (C=O) groups is 2. The van der Waals surface area contributed by atoms with Gasteiger partial charge < -0.3 is 5.32 Å².